The van der Waals surface area contributed by atoms with Crippen molar-refractivity contribution < 1.29 is 9.59 Å². The highest BCUT2D eigenvalue weighted by atomic mass is 16.2. The molecule has 1 N–H and O–H groups in total. The zero-order valence-electron chi connectivity index (χ0n) is 13.1. The molecular formula is C16H28N2O2. The first-order valence-corrected chi connectivity index (χ1v) is 7.99. The van der Waals surface area contributed by atoms with Crippen molar-refractivity contribution in [2.24, 2.45) is 11.3 Å². The zero-order chi connectivity index (χ0) is 14.8. The average molecular weight is 280 g/mol. The molecule has 114 valence electrons. The molecule has 1 saturated heterocycles. The molecule has 2 aliphatic rings. The van der Waals surface area contributed by atoms with Crippen LogP contribution in [0, 0.1) is 11.3 Å². The summed E-state index contributed by atoms with van der Waals surface area (Å²) in [6.07, 6.45) is 6.69. The first-order valence-electron chi connectivity index (χ1n) is 7.99. The number of hydrogen-bond donors (Lipinski definition) is 1. The molecular weight excluding hydrogens is 252 g/mol. The van der Waals surface area contributed by atoms with Crippen molar-refractivity contribution in [3.8, 4) is 0 Å². The molecule has 1 aliphatic heterocycles. The first-order chi connectivity index (χ1) is 9.41. The normalized spacial score (nSPS) is 27.4. The van der Waals surface area contributed by atoms with Crippen LogP contribution in [0.3, 0.4) is 0 Å². The summed E-state index contributed by atoms with van der Waals surface area (Å²) in [6.45, 7) is 7.67. The summed E-state index contributed by atoms with van der Waals surface area (Å²) in [6, 6.07) is -0.350. The molecule has 0 radical (unpaired) electrons. The van der Waals surface area contributed by atoms with Crippen LogP contribution in [0.4, 0.5) is 0 Å². The Labute approximate surface area is 122 Å². The van der Waals surface area contributed by atoms with Gasteiger partial charge in [0, 0.05) is 19.5 Å². The van der Waals surface area contributed by atoms with Gasteiger partial charge in [-0.2, -0.15) is 0 Å². The van der Waals surface area contributed by atoms with Crippen LogP contribution < -0.4 is 5.32 Å². The summed E-state index contributed by atoms with van der Waals surface area (Å²) < 4.78 is 0. The van der Waals surface area contributed by atoms with Crippen molar-refractivity contribution >= 4 is 11.8 Å². The van der Waals surface area contributed by atoms with E-state index < -0.39 is 0 Å². The maximum Gasteiger partial charge on any atom is 0.245 e. The van der Waals surface area contributed by atoms with Crippen molar-refractivity contribution in [1.82, 2.24) is 10.2 Å². The van der Waals surface area contributed by atoms with E-state index in [-0.39, 0.29) is 29.2 Å². The van der Waals surface area contributed by atoms with Gasteiger partial charge in [-0.3, -0.25) is 9.59 Å². The van der Waals surface area contributed by atoms with Gasteiger partial charge in [-0.05, 0) is 24.2 Å². The molecule has 0 spiro atoms. The van der Waals surface area contributed by atoms with Crippen LogP contribution in [-0.4, -0.2) is 35.8 Å². The van der Waals surface area contributed by atoms with Crippen molar-refractivity contribution in [2.75, 3.05) is 13.1 Å². The minimum atomic E-state index is -0.350. The summed E-state index contributed by atoms with van der Waals surface area (Å²) in [5.41, 5.74) is 0.239. The third-order valence-corrected chi connectivity index (χ3v) is 4.80. The number of nitrogens with zero attached hydrogens (tertiary/aromatic N) is 1. The number of carbonyl (C=O) groups is 2. The SMILES string of the molecule is CC(C)C1NC(=O)CCN(CC2(C)CCCCC2)C1=O. The second kappa shape index (κ2) is 6.15. The van der Waals surface area contributed by atoms with Gasteiger partial charge >= 0.3 is 0 Å². The fourth-order valence-corrected chi connectivity index (χ4v) is 3.48. The van der Waals surface area contributed by atoms with Gasteiger partial charge in [-0.15, -0.1) is 0 Å². The predicted molar refractivity (Wildman–Crippen MR) is 79.2 cm³/mol. The minimum Gasteiger partial charge on any atom is -0.344 e. The standard InChI is InChI=1S/C16H28N2O2/c1-12(2)14-15(20)18(10-7-13(19)17-14)11-16(3)8-5-4-6-9-16/h12,14H,4-11H2,1-3H3,(H,17,19). The summed E-state index contributed by atoms with van der Waals surface area (Å²) in [4.78, 5) is 26.4. The van der Waals surface area contributed by atoms with Crippen LogP contribution in [0.15, 0.2) is 0 Å². The molecule has 4 heteroatoms. The third-order valence-electron chi connectivity index (χ3n) is 4.80. The highest BCUT2D eigenvalue weighted by Crippen LogP contribution is 2.36. The summed E-state index contributed by atoms with van der Waals surface area (Å²) in [5.74, 6) is 0.261. The number of nitrogens with one attached hydrogen (secondary N) is 1. The average Bonchev–Trinajstić information content (AvgIpc) is 2.52. The van der Waals surface area contributed by atoms with Gasteiger partial charge in [0.05, 0.1) is 0 Å². The van der Waals surface area contributed by atoms with E-state index in [1.807, 2.05) is 18.7 Å². The summed E-state index contributed by atoms with van der Waals surface area (Å²) in [5, 5.41) is 2.88. The fraction of sp³-hybridized carbons (Fsp3) is 0.875. The highest BCUT2D eigenvalue weighted by molar-refractivity contribution is 5.90. The van der Waals surface area contributed by atoms with Crippen LogP contribution in [0.5, 0.6) is 0 Å². The van der Waals surface area contributed by atoms with Gasteiger partial charge in [-0.1, -0.05) is 40.0 Å². The van der Waals surface area contributed by atoms with Crippen molar-refractivity contribution in [3.05, 3.63) is 0 Å². The van der Waals surface area contributed by atoms with Crippen molar-refractivity contribution in [1.29, 1.82) is 0 Å². The molecule has 2 fully saturated rings. The Kier molecular flexibility index (Phi) is 4.71. The van der Waals surface area contributed by atoms with E-state index >= 15 is 0 Å². The Morgan fingerprint density at radius 3 is 2.50 bits per heavy atom. The van der Waals surface area contributed by atoms with Gasteiger partial charge in [0.15, 0.2) is 0 Å². The van der Waals surface area contributed by atoms with Gasteiger partial charge in [0.25, 0.3) is 0 Å². The summed E-state index contributed by atoms with van der Waals surface area (Å²) >= 11 is 0. The maximum absolute atomic E-state index is 12.7. The van der Waals surface area contributed by atoms with E-state index in [4.69, 9.17) is 0 Å². The smallest absolute Gasteiger partial charge is 0.245 e. The van der Waals surface area contributed by atoms with Gasteiger partial charge in [0.1, 0.15) is 6.04 Å². The lowest BCUT2D eigenvalue weighted by atomic mass is 9.75. The van der Waals surface area contributed by atoms with E-state index in [0.29, 0.717) is 13.0 Å². The van der Waals surface area contributed by atoms with Crippen molar-refractivity contribution in [2.45, 2.75) is 65.3 Å². The van der Waals surface area contributed by atoms with E-state index in [9.17, 15) is 9.59 Å². The quantitative estimate of drug-likeness (QED) is 0.862. The molecule has 4 nitrogen and oxygen atoms in total. The second-order valence-corrected chi connectivity index (χ2v) is 7.17. The number of hydrogen-bond acceptors (Lipinski definition) is 2. The second-order valence-electron chi connectivity index (χ2n) is 7.17. The number of amides is 2. The van der Waals surface area contributed by atoms with Crippen LogP contribution in [-0.2, 0) is 9.59 Å². The third kappa shape index (κ3) is 3.53. The van der Waals surface area contributed by atoms with Crippen molar-refractivity contribution in [3.63, 3.8) is 0 Å². The number of carbonyl (C=O) groups excluding carboxylic acids is 2. The Morgan fingerprint density at radius 2 is 1.90 bits per heavy atom. The lowest BCUT2D eigenvalue weighted by molar-refractivity contribution is -0.136. The molecule has 0 bridgehead atoms. The first kappa shape index (κ1) is 15.3. The Morgan fingerprint density at radius 1 is 1.25 bits per heavy atom. The molecule has 2 amide bonds. The Balaban J connectivity index is 2.08. The van der Waals surface area contributed by atoms with Crippen LogP contribution >= 0.6 is 0 Å². The maximum atomic E-state index is 12.7. The zero-order valence-corrected chi connectivity index (χ0v) is 13.1. The Hall–Kier alpha value is -1.06. The van der Waals surface area contributed by atoms with E-state index in [1.54, 1.807) is 0 Å². The molecule has 1 atom stereocenters. The Bertz CT molecular complexity index is 373. The molecule has 1 aliphatic carbocycles. The van der Waals surface area contributed by atoms with Crippen LogP contribution in [0.1, 0.15) is 59.3 Å². The summed E-state index contributed by atoms with van der Waals surface area (Å²) in [7, 11) is 0. The van der Waals surface area contributed by atoms with E-state index in [2.05, 4.69) is 12.2 Å². The predicted octanol–water partition coefficient (Wildman–Crippen LogP) is 2.33. The highest BCUT2D eigenvalue weighted by Gasteiger charge is 2.36. The molecule has 1 saturated carbocycles. The van der Waals surface area contributed by atoms with E-state index in [1.165, 1.54) is 32.1 Å². The van der Waals surface area contributed by atoms with Crippen LogP contribution in [0.25, 0.3) is 0 Å². The lowest BCUT2D eigenvalue weighted by Crippen LogP contribution is -2.50. The van der Waals surface area contributed by atoms with Gasteiger partial charge in [0.2, 0.25) is 11.8 Å². The molecule has 1 heterocycles. The molecule has 0 aromatic carbocycles. The lowest BCUT2D eigenvalue weighted by Gasteiger charge is -2.39. The molecule has 2 rings (SSSR count). The molecule has 20 heavy (non-hydrogen) atoms. The minimum absolute atomic E-state index is 0.00773. The fourth-order valence-electron chi connectivity index (χ4n) is 3.48. The molecule has 0 aromatic heterocycles. The monoisotopic (exact) mass is 280 g/mol. The van der Waals surface area contributed by atoms with Crippen LogP contribution in [0.2, 0.25) is 0 Å². The topological polar surface area (TPSA) is 49.4 Å². The van der Waals surface area contributed by atoms with Gasteiger partial charge < -0.3 is 10.2 Å². The van der Waals surface area contributed by atoms with E-state index in [0.717, 1.165) is 6.54 Å². The molecule has 1 unspecified atom stereocenters. The number of rotatable bonds is 3. The van der Waals surface area contributed by atoms with Gasteiger partial charge in [-0.25, -0.2) is 0 Å². The largest absolute Gasteiger partial charge is 0.344 e. The molecule has 0 aromatic rings.